The van der Waals surface area contributed by atoms with Crippen molar-refractivity contribution in [2.24, 2.45) is 5.41 Å². The van der Waals surface area contributed by atoms with Crippen molar-refractivity contribution in [3.63, 3.8) is 0 Å². The van der Waals surface area contributed by atoms with Crippen molar-refractivity contribution in [3.8, 4) is 6.07 Å². The molecule has 2 aliphatic rings. The molecule has 4 heteroatoms. The van der Waals surface area contributed by atoms with Crippen LogP contribution < -0.4 is 0 Å². The van der Waals surface area contributed by atoms with Gasteiger partial charge in [0.2, 0.25) is 5.91 Å². The van der Waals surface area contributed by atoms with E-state index < -0.39 is 5.41 Å². The second-order valence-electron chi connectivity index (χ2n) is 6.63. The summed E-state index contributed by atoms with van der Waals surface area (Å²) in [6, 6.07) is 2.91. The van der Waals surface area contributed by atoms with Gasteiger partial charge in [0.05, 0.1) is 6.07 Å². The molecule has 21 heavy (non-hydrogen) atoms. The average molecular weight is 291 g/mol. The van der Waals surface area contributed by atoms with Gasteiger partial charge in [-0.15, -0.1) is 0 Å². The summed E-state index contributed by atoms with van der Waals surface area (Å²) < 4.78 is 0. The molecular formula is C17H29N3O. The predicted octanol–water partition coefficient (Wildman–Crippen LogP) is 2.79. The summed E-state index contributed by atoms with van der Waals surface area (Å²) in [4.78, 5) is 17.6. The fourth-order valence-corrected chi connectivity index (χ4v) is 4.05. The van der Waals surface area contributed by atoms with Crippen LogP contribution in [0.3, 0.4) is 0 Å². The number of nitrogens with zero attached hydrogens (tertiary/aromatic N) is 3. The number of rotatable bonds is 5. The van der Waals surface area contributed by atoms with E-state index in [0.717, 1.165) is 38.9 Å². The Morgan fingerprint density at radius 1 is 1.19 bits per heavy atom. The molecular weight excluding hydrogens is 262 g/mol. The van der Waals surface area contributed by atoms with E-state index >= 15 is 0 Å². The first-order valence-corrected chi connectivity index (χ1v) is 8.61. The maximum atomic E-state index is 13.1. The van der Waals surface area contributed by atoms with Crippen LogP contribution in [0.5, 0.6) is 0 Å². The molecule has 2 fully saturated rings. The predicted molar refractivity (Wildman–Crippen MR) is 83.7 cm³/mol. The van der Waals surface area contributed by atoms with E-state index in [1.54, 1.807) is 0 Å². The third-order valence-corrected chi connectivity index (χ3v) is 5.07. The van der Waals surface area contributed by atoms with Gasteiger partial charge in [0.25, 0.3) is 0 Å². The molecule has 4 nitrogen and oxygen atoms in total. The van der Waals surface area contributed by atoms with Crippen molar-refractivity contribution in [1.29, 1.82) is 5.26 Å². The maximum absolute atomic E-state index is 13.1. The van der Waals surface area contributed by atoms with E-state index in [9.17, 15) is 10.1 Å². The smallest absolute Gasteiger partial charge is 0.243 e. The largest absolute Gasteiger partial charge is 0.340 e. The number of fused-ring (bicyclic) bond motifs is 1. The summed E-state index contributed by atoms with van der Waals surface area (Å²) in [5.74, 6) is 0.0995. The van der Waals surface area contributed by atoms with E-state index in [-0.39, 0.29) is 5.91 Å². The minimum atomic E-state index is -0.780. The van der Waals surface area contributed by atoms with Crippen molar-refractivity contribution in [2.45, 2.75) is 64.8 Å². The lowest BCUT2D eigenvalue weighted by Gasteiger charge is -2.33. The number of carbonyl (C=O) groups is 1. The zero-order valence-electron chi connectivity index (χ0n) is 13.6. The molecule has 1 atom stereocenters. The van der Waals surface area contributed by atoms with E-state index in [4.69, 9.17) is 0 Å². The monoisotopic (exact) mass is 291 g/mol. The lowest BCUT2D eigenvalue weighted by Crippen LogP contribution is -2.47. The summed E-state index contributed by atoms with van der Waals surface area (Å²) in [7, 11) is 0. The van der Waals surface area contributed by atoms with Crippen molar-refractivity contribution < 1.29 is 4.79 Å². The third-order valence-electron chi connectivity index (χ3n) is 5.07. The average Bonchev–Trinajstić information content (AvgIpc) is 2.83. The second kappa shape index (κ2) is 7.26. The molecule has 0 aromatic heterocycles. The maximum Gasteiger partial charge on any atom is 0.243 e. The van der Waals surface area contributed by atoms with Crippen molar-refractivity contribution in [2.75, 3.05) is 26.2 Å². The Morgan fingerprint density at radius 3 is 2.48 bits per heavy atom. The Bertz CT molecular complexity index is 395. The molecule has 2 saturated heterocycles. The Hall–Kier alpha value is -1.08. The molecule has 0 aromatic carbocycles. The van der Waals surface area contributed by atoms with Crippen molar-refractivity contribution in [3.05, 3.63) is 0 Å². The SMILES string of the molecule is CCCC(C#N)(CCC)C(=O)N1CCCN2CCCC2C1. The molecule has 0 saturated carbocycles. The quantitative estimate of drug-likeness (QED) is 0.782. The molecule has 0 N–H and O–H groups in total. The van der Waals surface area contributed by atoms with Gasteiger partial charge >= 0.3 is 0 Å². The first-order chi connectivity index (χ1) is 10.2. The van der Waals surface area contributed by atoms with Crippen LogP contribution in [0, 0.1) is 16.7 Å². The minimum absolute atomic E-state index is 0.0995. The topological polar surface area (TPSA) is 47.3 Å². The van der Waals surface area contributed by atoms with Gasteiger partial charge in [-0.25, -0.2) is 0 Å². The molecule has 1 unspecified atom stereocenters. The fourth-order valence-electron chi connectivity index (χ4n) is 4.05. The van der Waals surface area contributed by atoms with Gasteiger partial charge in [-0.2, -0.15) is 5.26 Å². The highest BCUT2D eigenvalue weighted by Crippen LogP contribution is 2.33. The molecule has 2 aliphatic heterocycles. The molecule has 0 aliphatic carbocycles. The van der Waals surface area contributed by atoms with E-state index in [1.165, 1.54) is 19.4 Å². The van der Waals surface area contributed by atoms with Crippen LogP contribution in [0.2, 0.25) is 0 Å². The Kier molecular flexibility index (Phi) is 5.64. The molecule has 0 spiro atoms. The summed E-state index contributed by atoms with van der Waals surface area (Å²) in [6.07, 6.45) is 6.67. The van der Waals surface area contributed by atoms with Crippen LogP contribution in [0.25, 0.3) is 0 Å². The van der Waals surface area contributed by atoms with E-state index in [0.29, 0.717) is 18.9 Å². The van der Waals surface area contributed by atoms with E-state index in [2.05, 4.69) is 24.8 Å². The molecule has 0 bridgehead atoms. The highest BCUT2D eigenvalue weighted by atomic mass is 16.2. The Labute approximate surface area is 129 Å². The van der Waals surface area contributed by atoms with Gasteiger partial charge in [0.15, 0.2) is 0 Å². The second-order valence-corrected chi connectivity index (χ2v) is 6.63. The summed E-state index contributed by atoms with van der Waals surface area (Å²) >= 11 is 0. The van der Waals surface area contributed by atoms with Gasteiger partial charge in [0.1, 0.15) is 5.41 Å². The van der Waals surface area contributed by atoms with Crippen molar-refractivity contribution >= 4 is 5.91 Å². The number of amides is 1. The van der Waals surface area contributed by atoms with Crippen LogP contribution >= 0.6 is 0 Å². The number of hydrogen-bond donors (Lipinski definition) is 0. The van der Waals surface area contributed by atoms with Gasteiger partial charge in [-0.05, 0) is 38.6 Å². The minimum Gasteiger partial charge on any atom is -0.340 e. The van der Waals surface area contributed by atoms with Gasteiger partial charge in [0, 0.05) is 25.7 Å². The van der Waals surface area contributed by atoms with Crippen molar-refractivity contribution in [1.82, 2.24) is 9.80 Å². The highest BCUT2D eigenvalue weighted by Gasteiger charge is 2.42. The van der Waals surface area contributed by atoms with Crippen LogP contribution in [0.4, 0.5) is 0 Å². The normalized spacial score (nSPS) is 23.5. The molecule has 2 heterocycles. The van der Waals surface area contributed by atoms with Crippen LogP contribution in [-0.2, 0) is 4.79 Å². The number of carbonyl (C=O) groups excluding carboxylic acids is 1. The third kappa shape index (κ3) is 3.40. The van der Waals surface area contributed by atoms with Gasteiger partial charge < -0.3 is 4.90 Å². The number of nitriles is 1. The highest BCUT2D eigenvalue weighted by molar-refractivity contribution is 5.85. The molecule has 1 amide bonds. The van der Waals surface area contributed by atoms with Crippen LogP contribution in [-0.4, -0.2) is 47.9 Å². The first kappa shape index (κ1) is 16.3. The fraction of sp³-hybridized carbons (Fsp3) is 0.882. The molecule has 0 radical (unpaired) electrons. The molecule has 118 valence electrons. The van der Waals surface area contributed by atoms with Crippen LogP contribution in [0.1, 0.15) is 58.8 Å². The summed E-state index contributed by atoms with van der Waals surface area (Å²) in [5.41, 5.74) is -0.780. The number of hydrogen-bond acceptors (Lipinski definition) is 3. The van der Waals surface area contributed by atoms with Crippen LogP contribution in [0.15, 0.2) is 0 Å². The van der Waals surface area contributed by atoms with E-state index in [1.807, 2.05) is 4.90 Å². The molecule has 2 rings (SSSR count). The molecule has 0 aromatic rings. The first-order valence-electron chi connectivity index (χ1n) is 8.61. The summed E-state index contributed by atoms with van der Waals surface area (Å²) in [6.45, 7) is 8.07. The van der Waals surface area contributed by atoms with Gasteiger partial charge in [-0.1, -0.05) is 26.7 Å². The standard InChI is InChI=1S/C17H29N3O/c1-3-8-17(14-18,9-4-2)16(21)20-12-6-11-19-10-5-7-15(19)13-20/h15H,3-13H2,1-2H3. The zero-order valence-corrected chi connectivity index (χ0v) is 13.6. The Morgan fingerprint density at radius 2 is 1.86 bits per heavy atom. The lowest BCUT2D eigenvalue weighted by atomic mass is 9.79. The Balaban J connectivity index is 2.13. The lowest BCUT2D eigenvalue weighted by molar-refractivity contribution is -0.140. The summed E-state index contributed by atoms with van der Waals surface area (Å²) in [5, 5.41) is 9.69. The van der Waals surface area contributed by atoms with Gasteiger partial charge in [-0.3, -0.25) is 9.69 Å². The zero-order chi connectivity index (χ0) is 15.3.